The summed E-state index contributed by atoms with van der Waals surface area (Å²) in [5.74, 6) is 3.25. The van der Waals surface area contributed by atoms with Crippen molar-refractivity contribution in [2.45, 2.75) is 26.2 Å². The Kier molecular flexibility index (Phi) is 6.09. The molecule has 2 aromatic heterocycles. The molecular formula is C21H26N6O2. The number of aromatic nitrogens is 3. The van der Waals surface area contributed by atoms with Crippen molar-refractivity contribution in [1.82, 2.24) is 19.9 Å². The molecule has 0 bridgehead atoms. The maximum Gasteiger partial charge on any atom is 0.195 e. The van der Waals surface area contributed by atoms with Gasteiger partial charge in [-0.15, -0.1) is 10.2 Å². The zero-order valence-electron chi connectivity index (χ0n) is 16.6. The number of ether oxygens (including phenoxy) is 2. The summed E-state index contributed by atoms with van der Waals surface area (Å²) in [6, 6.07) is 11.8. The number of guanidine groups is 1. The average Bonchev–Trinajstić information content (AvgIpc) is 3.00. The Morgan fingerprint density at radius 3 is 2.93 bits per heavy atom. The first kappa shape index (κ1) is 19.0. The fourth-order valence-electron chi connectivity index (χ4n) is 3.17. The van der Waals surface area contributed by atoms with Crippen LogP contribution in [0, 0.1) is 0 Å². The zero-order valence-corrected chi connectivity index (χ0v) is 16.6. The van der Waals surface area contributed by atoms with Crippen LogP contribution in [0.4, 0.5) is 5.69 Å². The summed E-state index contributed by atoms with van der Waals surface area (Å²) < 4.78 is 13.5. The van der Waals surface area contributed by atoms with Gasteiger partial charge in [0.05, 0.1) is 13.2 Å². The molecule has 3 aromatic rings. The number of rotatable bonds is 6. The summed E-state index contributed by atoms with van der Waals surface area (Å²) in [6.45, 7) is 4.87. The van der Waals surface area contributed by atoms with Crippen molar-refractivity contribution in [2.24, 2.45) is 4.99 Å². The molecule has 0 unspecified atom stereocenters. The smallest absolute Gasteiger partial charge is 0.195 e. The highest BCUT2D eigenvalue weighted by molar-refractivity contribution is 5.93. The zero-order chi connectivity index (χ0) is 19.9. The van der Waals surface area contributed by atoms with Gasteiger partial charge in [0.15, 0.2) is 23.1 Å². The van der Waals surface area contributed by atoms with Gasteiger partial charge >= 0.3 is 0 Å². The molecule has 152 valence electrons. The van der Waals surface area contributed by atoms with E-state index in [1.54, 1.807) is 0 Å². The molecule has 8 nitrogen and oxygen atoms in total. The van der Waals surface area contributed by atoms with Gasteiger partial charge in [-0.1, -0.05) is 6.07 Å². The normalized spacial score (nSPS) is 13.9. The van der Waals surface area contributed by atoms with Crippen LogP contribution in [0.2, 0.25) is 0 Å². The van der Waals surface area contributed by atoms with E-state index in [2.05, 4.69) is 25.8 Å². The Bertz CT molecular complexity index is 984. The maximum absolute atomic E-state index is 5.77. The van der Waals surface area contributed by atoms with Crippen LogP contribution in [0.3, 0.4) is 0 Å². The van der Waals surface area contributed by atoms with Gasteiger partial charge in [0.2, 0.25) is 0 Å². The number of anilines is 1. The van der Waals surface area contributed by atoms with Crippen LogP contribution in [0.5, 0.6) is 11.5 Å². The van der Waals surface area contributed by atoms with E-state index >= 15 is 0 Å². The first-order chi connectivity index (χ1) is 14.3. The quantitative estimate of drug-likeness (QED) is 0.380. The molecule has 8 heteroatoms. The summed E-state index contributed by atoms with van der Waals surface area (Å²) in [4.78, 5) is 4.68. The second kappa shape index (κ2) is 9.27. The fourth-order valence-corrected chi connectivity index (χ4v) is 3.17. The van der Waals surface area contributed by atoms with Crippen molar-refractivity contribution < 1.29 is 9.47 Å². The van der Waals surface area contributed by atoms with Crippen LogP contribution >= 0.6 is 0 Å². The average molecular weight is 394 g/mol. The Hall–Kier alpha value is -3.29. The lowest BCUT2D eigenvalue weighted by atomic mass is 10.2. The van der Waals surface area contributed by atoms with E-state index in [0.29, 0.717) is 19.8 Å². The number of pyridine rings is 1. The second-order valence-electron chi connectivity index (χ2n) is 6.75. The van der Waals surface area contributed by atoms with E-state index in [4.69, 9.17) is 9.47 Å². The van der Waals surface area contributed by atoms with Crippen LogP contribution in [-0.2, 0) is 6.42 Å². The molecule has 0 spiro atoms. The van der Waals surface area contributed by atoms with Crippen LogP contribution in [0.25, 0.3) is 5.65 Å². The topological polar surface area (TPSA) is 85.1 Å². The molecule has 0 amide bonds. The fraction of sp³-hybridized carbons (Fsp3) is 0.381. The minimum Gasteiger partial charge on any atom is -0.490 e. The molecule has 1 aromatic carbocycles. The van der Waals surface area contributed by atoms with Gasteiger partial charge in [-0.2, -0.15) is 0 Å². The summed E-state index contributed by atoms with van der Waals surface area (Å²) in [7, 11) is 0. The van der Waals surface area contributed by atoms with Crippen molar-refractivity contribution in [3.63, 3.8) is 0 Å². The third kappa shape index (κ3) is 4.77. The summed E-state index contributed by atoms with van der Waals surface area (Å²) in [5, 5.41) is 15.1. The molecule has 0 radical (unpaired) electrons. The van der Waals surface area contributed by atoms with Gasteiger partial charge in [-0.3, -0.25) is 9.39 Å². The summed E-state index contributed by atoms with van der Waals surface area (Å²) in [5.41, 5.74) is 1.79. The van der Waals surface area contributed by atoms with Crippen molar-refractivity contribution in [3.05, 3.63) is 48.4 Å². The monoisotopic (exact) mass is 394 g/mol. The first-order valence-corrected chi connectivity index (χ1v) is 10.1. The molecule has 0 saturated heterocycles. The van der Waals surface area contributed by atoms with Crippen molar-refractivity contribution in [3.8, 4) is 11.5 Å². The van der Waals surface area contributed by atoms with Crippen LogP contribution in [0.15, 0.2) is 47.6 Å². The van der Waals surface area contributed by atoms with E-state index in [0.717, 1.165) is 60.4 Å². The molecule has 4 rings (SSSR count). The highest BCUT2D eigenvalue weighted by atomic mass is 16.5. The minimum absolute atomic E-state index is 0.669. The number of benzene rings is 1. The van der Waals surface area contributed by atoms with Crippen LogP contribution in [0.1, 0.15) is 25.6 Å². The van der Waals surface area contributed by atoms with Crippen LogP contribution in [-0.4, -0.2) is 46.9 Å². The van der Waals surface area contributed by atoms with Gasteiger partial charge in [0.1, 0.15) is 5.82 Å². The lowest BCUT2D eigenvalue weighted by molar-refractivity contribution is 0.297. The van der Waals surface area contributed by atoms with Gasteiger partial charge in [0, 0.05) is 43.9 Å². The third-order valence-corrected chi connectivity index (χ3v) is 4.57. The molecule has 1 aliphatic rings. The molecule has 0 saturated carbocycles. The maximum atomic E-state index is 5.77. The molecule has 1 aliphatic heterocycles. The Labute approximate surface area is 170 Å². The highest BCUT2D eigenvalue weighted by Crippen LogP contribution is 2.32. The lowest BCUT2D eigenvalue weighted by Gasteiger charge is -2.13. The largest absolute Gasteiger partial charge is 0.490 e. The Balaban J connectivity index is 1.37. The number of hydrogen-bond donors (Lipinski definition) is 2. The molecule has 0 atom stereocenters. The number of hydrogen-bond acceptors (Lipinski definition) is 5. The van der Waals surface area contributed by atoms with Crippen molar-refractivity contribution in [1.29, 1.82) is 0 Å². The van der Waals surface area contributed by atoms with Gasteiger partial charge < -0.3 is 20.1 Å². The lowest BCUT2D eigenvalue weighted by Crippen LogP contribution is -2.30. The summed E-state index contributed by atoms with van der Waals surface area (Å²) in [6.07, 6.45) is 4.58. The highest BCUT2D eigenvalue weighted by Gasteiger charge is 2.11. The van der Waals surface area contributed by atoms with E-state index in [1.807, 2.05) is 53.9 Å². The predicted molar refractivity (Wildman–Crippen MR) is 113 cm³/mol. The SMILES string of the molecule is CCNC(=NCCCc1nnc2ccccn12)Nc1ccc2c(c1)OCCCO2. The van der Waals surface area contributed by atoms with Crippen LogP contribution < -0.4 is 20.1 Å². The number of fused-ring (bicyclic) bond motifs is 2. The molecular weight excluding hydrogens is 368 g/mol. The van der Waals surface area contributed by atoms with E-state index < -0.39 is 0 Å². The second-order valence-corrected chi connectivity index (χ2v) is 6.75. The van der Waals surface area contributed by atoms with E-state index in [9.17, 15) is 0 Å². The standard InChI is InChI=1S/C21H26N6O2/c1-2-22-21(24-16-9-10-17-18(15-16)29-14-6-13-28-17)23-11-5-8-20-26-25-19-7-3-4-12-27(19)20/h3-4,7,9-10,12,15H,2,5-6,8,11,13-14H2,1H3,(H2,22,23,24). The molecule has 0 aliphatic carbocycles. The minimum atomic E-state index is 0.669. The first-order valence-electron chi connectivity index (χ1n) is 10.1. The number of aliphatic imine (C=N–C) groups is 1. The molecule has 3 heterocycles. The molecule has 2 N–H and O–H groups in total. The van der Waals surface area contributed by atoms with Gasteiger partial charge in [-0.25, -0.2) is 0 Å². The third-order valence-electron chi connectivity index (χ3n) is 4.57. The Morgan fingerprint density at radius 1 is 1.14 bits per heavy atom. The van der Waals surface area contributed by atoms with Gasteiger partial charge in [-0.05, 0) is 37.6 Å². The molecule has 0 fully saturated rings. The van der Waals surface area contributed by atoms with Crippen molar-refractivity contribution >= 4 is 17.3 Å². The molecule has 29 heavy (non-hydrogen) atoms. The number of aryl methyl sites for hydroxylation is 1. The van der Waals surface area contributed by atoms with E-state index in [-0.39, 0.29) is 0 Å². The predicted octanol–water partition coefficient (Wildman–Crippen LogP) is 2.90. The van der Waals surface area contributed by atoms with Crippen molar-refractivity contribution in [2.75, 3.05) is 31.6 Å². The Morgan fingerprint density at radius 2 is 2.03 bits per heavy atom. The van der Waals surface area contributed by atoms with Gasteiger partial charge in [0.25, 0.3) is 0 Å². The number of nitrogens with zero attached hydrogens (tertiary/aromatic N) is 4. The number of nitrogens with one attached hydrogen (secondary N) is 2. The summed E-state index contributed by atoms with van der Waals surface area (Å²) >= 11 is 0. The van der Waals surface area contributed by atoms with E-state index in [1.165, 1.54) is 0 Å².